The molecular weight excluding hydrogens is 254 g/mol. The van der Waals surface area contributed by atoms with Gasteiger partial charge in [-0.25, -0.2) is 0 Å². The molecule has 1 aromatic heterocycles. The maximum atomic E-state index is 11.6. The molecule has 19 heavy (non-hydrogen) atoms. The number of carbonyl (C=O) groups excluding carboxylic acids is 1. The van der Waals surface area contributed by atoms with E-state index in [1.807, 2.05) is 30.3 Å². The molecule has 2 aromatic rings. The van der Waals surface area contributed by atoms with Crippen LogP contribution < -0.4 is 5.32 Å². The molecule has 1 amide bonds. The van der Waals surface area contributed by atoms with Gasteiger partial charge in [-0.15, -0.1) is 11.3 Å². The van der Waals surface area contributed by atoms with Crippen molar-refractivity contribution in [3.8, 4) is 0 Å². The van der Waals surface area contributed by atoms with Crippen molar-refractivity contribution in [1.29, 1.82) is 0 Å². The first-order valence-corrected chi connectivity index (χ1v) is 7.12. The number of hydrogen-bond donors (Lipinski definition) is 1. The van der Waals surface area contributed by atoms with E-state index >= 15 is 0 Å². The van der Waals surface area contributed by atoms with Crippen molar-refractivity contribution >= 4 is 23.3 Å². The Balaban J connectivity index is 1.74. The fourth-order valence-corrected chi connectivity index (χ4v) is 2.51. The first-order chi connectivity index (χ1) is 9.24. The van der Waals surface area contributed by atoms with Gasteiger partial charge in [0.15, 0.2) is 0 Å². The molecule has 0 atom stereocenters. The van der Waals surface area contributed by atoms with Crippen molar-refractivity contribution in [3.05, 3.63) is 63.9 Å². The zero-order valence-electron chi connectivity index (χ0n) is 10.9. The van der Waals surface area contributed by atoms with Crippen LogP contribution in [-0.2, 0) is 11.2 Å². The Kier molecular flexibility index (Phi) is 4.93. The topological polar surface area (TPSA) is 29.1 Å². The molecule has 2 nitrogen and oxygen atoms in total. The average Bonchev–Trinajstić information content (AvgIpc) is 2.83. The summed E-state index contributed by atoms with van der Waals surface area (Å²) < 4.78 is 0. The summed E-state index contributed by atoms with van der Waals surface area (Å²) >= 11 is 1.68. The highest BCUT2D eigenvalue weighted by Gasteiger charge is 1.97. The summed E-state index contributed by atoms with van der Waals surface area (Å²) in [5.74, 6) is -0.0398. The third kappa shape index (κ3) is 4.72. The molecule has 0 saturated carbocycles. The largest absolute Gasteiger partial charge is 0.352 e. The third-order valence-electron chi connectivity index (χ3n) is 2.72. The van der Waals surface area contributed by atoms with Crippen LogP contribution in [0.15, 0.2) is 48.5 Å². The Labute approximate surface area is 117 Å². The summed E-state index contributed by atoms with van der Waals surface area (Å²) in [4.78, 5) is 14.0. The fraction of sp³-hybridized carbons (Fsp3) is 0.188. The second-order valence-corrected chi connectivity index (χ2v) is 5.63. The molecule has 3 heteroatoms. The Morgan fingerprint density at radius 2 is 2.00 bits per heavy atom. The lowest BCUT2D eigenvalue weighted by atomic mass is 10.1. The van der Waals surface area contributed by atoms with Gasteiger partial charge in [0.2, 0.25) is 5.91 Å². The molecule has 0 aliphatic rings. The number of nitrogens with one attached hydrogen (secondary N) is 1. The van der Waals surface area contributed by atoms with Crippen LogP contribution in [0.3, 0.4) is 0 Å². The minimum Gasteiger partial charge on any atom is -0.352 e. The van der Waals surface area contributed by atoms with E-state index in [2.05, 4.69) is 30.4 Å². The van der Waals surface area contributed by atoms with E-state index in [4.69, 9.17) is 0 Å². The molecule has 0 unspecified atom stereocenters. The van der Waals surface area contributed by atoms with E-state index in [9.17, 15) is 4.79 Å². The number of thiophene rings is 1. The molecule has 0 bridgehead atoms. The SMILES string of the molecule is Cc1ccc(/C=C/C(=O)NCCc2ccccc2)s1. The molecular formula is C16H17NOS. The van der Waals surface area contributed by atoms with Crippen molar-refractivity contribution in [2.45, 2.75) is 13.3 Å². The van der Waals surface area contributed by atoms with E-state index in [1.54, 1.807) is 17.4 Å². The van der Waals surface area contributed by atoms with E-state index < -0.39 is 0 Å². The smallest absolute Gasteiger partial charge is 0.244 e. The zero-order valence-corrected chi connectivity index (χ0v) is 11.7. The first-order valence-electron chi connectivity index (χ1n) is 6.30. The molecule has 2 rings (SSSR count). The highest BCUT2D eigenvalue weighted by molar-refractivity contribution is 7.12. The molecule has 0 radical (unpaired) electrons. The predicted octanol–water partition coefficient (Wildman–Crippen LogP) is 3.43. The lowest BCUT2D eigenvalue weighted by Crippen LogP contribution is -2.23. The highest BCUT2D eigenvalue weighted by Crippen LogP contribution is 2.16. The van der Waals surface area contributed by atoms with Crippen LogP contribution in [0.1, 0.15) is 15.3 Å². The quantitative estimate of drug-likeness (QED) is 0.829. The summed E-state index contributed by atoms with van der Waals surface area (Å²) in [6.07, 6.45) is 4.31. The second kappa shape index (κ2) is 6.90. The van der Waals surface area contributed by atoms with Gasteiger partial charge in [-0.05, 0) is 37.1 Å². The predicted molar refractivity (Wildman–Crippen MR) is 81.2 cm³/mol. The van der Waals surface area contributed by atoms with Gasteiger partial charge in [0.1, 0.15) is 0 Å². The van der Waals surface area contributed by atoms with Crippen molar-refractivity contribution in [1.82, 2.24) is 5.32 Å². The van der Waals surface area contributed by atoms with E-state index in [0.29, 0.717) is 6.54 Å². The molecule has 1 heterocycles. The van der Waals surface area contributed by atoms with Crippen molar-refractivity contribution in [2.24, 2.45) is 0 Å². The maximum Gasteiger partial charge on any atom is 0.244 e. The van der Waals surface area contributed by atoms with Crippen molar-refractivity contribution < 1.29 is 4.79 Å². The van der Waals surface area contributed by atoms with Crippen LogP contribution in [0.25, 0.3) is 6.08 Å². The number of rotatable bonds is 5. The van der Waals surface area contributed by atoms with Crippen LogP contribution in [-0.4, -0.2) is 12.5 Å². The summed E-state index contributed by atoms with van der Waals surface area (Å²) in [6, 6.07) is 14.2. The van der Waals surface area contributed by atoms with E-state index in [1.165, 1.54) is 10.4 Å². The third-order valence-corrected chi connectivity index (χ3v) is 3.68. The first kappa shape index (κ1) is 13.6. The molecule has 98 valence electrons. The molecule has 1 aromatic carbocycles. The molecule has 0 aliphatic carbocycles. The van der Waals surface area contributed by atoms with Gasteiger partial charge < -0.3 is 5.32 Å². The Bertz CT molecular complexity index is 557. The van der Waals surface area contributed by atoms with Gasteiger partial charge in [-0.3, -0.25) is 4.79 Å². The average molecular weight is 271 g/mol. The normalized spacial score (nSPS) is 10.8. The number of carbonyl (C=O) groups is 1. The van der Waals surface area contributed by atoms with Crippen LogP contribution >= 0.6 is 11.3 Å². The number of amides is 1. The monoisotopic (exact) mass is 271 g/mol. The van der Waals surface area contributed by atoms with Crippen molar-refractivity contribution in [2.75, 3.05) is 6.54 Å². The van der Waals surface area contributed by atoms with Crippen LogP contribution in [0.2, 0.25) is 0 Å². The Morgan fingerprint density at radius 1 is 1.21 bits per heavy atom. The Morgan fingerprint density at radius 3 is 2.68 bits per heavy atom. The maximum absolute atomic E-state index is 11.6. The molecule has 0 aliphatic heterocycles. The summed E-state index contributed by atoms with van der Waals surface area (Å²) in [6.45, 7) is 2.72. The number of hydrogen-bond acceptors (Lipinski definition) is 2. The summed E-state index contributed by atoms with van der Waals surface area (Å²) in [5, 5.41) is 2.89. The summed E-state index contributed by atoms with van der Waals surface area (Å²) in [7, 11) is 0. The van der Waals surface area contributed by atoms with Crippen LogP contribution in [0.4, 0.5) is 0 Å². The van der Waals surface area contributed by atoms with Crippen LogP contribution in [0.5, 0.6) is 0 Å². The standard InChI is InChI=1S/C16H17NOS/c1-13-7-8-15(19-13)9-10-16(18)17-12-11-14-5-3-2-4-6-14/h2-10H,11-12H2,1H3,(H,17,18)/b10-9+. The Hall–Kier alpha value is -1.87. The number of benzene rings is 1. The minimum absolute atomic E-state index is 0.0398. The van der Waals surface area contributed by atoms with Gasteiger partial charge in [0.25, 0.3) is 0 Å². The van der Waals surface area contributed by atoms with Crippen molar-refractivity contribution in [3.63, 3.8) is 0 Å². The van der Waals surface area contributed by atoms with E-state index in [-0.39, 0.29) is 5.91 Å². The number of aryl methyl sites for hydroxylation is 1. The van der Waals surface area contributed by atoms with Gasteiger partial charge in [0, 0.05) is 22.4 Å². The fourth-order valence-electron chi connectivity index (χ4n) is 1.73. The molecule has 0 saturated heterocycles. The highest BCUT2D eigenvalue weighted by atomic mass is 32.1. The minimum atomic E-state index is -0.0398. The lowest BCUT2D eigenvalue weighted by molar-refractivity contribution is -0.116. The molecule has 0 fully saturated rings. The van der Waals surface area contributed by atoms with E-state index in [0.717, 1.165) is 11.3 Å². The molecule has 1 N–H and O–H groups in total. The van der Waals surface area contributed by atoms with Gasteiger partial charge in [-0.2, -0.15) is 0 Å². The van der Waals surface area contributed by atoms with Gasteiger partial charge in [0.05, 0.1) is 0 Å². The van der Waals surface area contributed by atoms with Gasteiger partial charge >= 0.3 is 0 Å². The zero-order chi connectivity index (χ0) is 13.5. The second-order valence-electron chi connectivity index (χ2n) is 4.31. The summed E-state index contributed by atoms with van der Waals surface area (Å²) in [5.41, 5.74) is 1.24. The van der Waals surface area contributed by atoms with Crippen LogP contribution in [0, 0.1) is 6.92 Å². The van der Waals surface area contributed by atoms with Gasteiger partial charge in [-0.1, -0.05) is 30.3 Å². The lowest BCUT2D eigenvalue weighted by Gasteiger charge is -2.02. The molecule has 0 spiro atoms.